The monoisotopic (exact) mass is 442 g/mol. The third-order valence-corrected chi connectivity index (χ3v) is 5.72. The number of nitrogens with one attached hydrogen (secondary N) is 1. The van der Waals surface area contributed by atoms with Gasteiger partial charge in [0.15, 0.2) is 0 Å². The van der Waals surface area contributed by atoms with Gasteiger partial charge in [0, 0.05) is 37.3 Å². The summed E-state index contributed by atoms with van der Waals surface area (Å²) in [5, 5.41) is 13.2. The zero-order valence-electron chi connectivity index (χ0n) is 16.6. The van der Waals surface area contributed by atoms with E-state index in [4.69, 9.17) is 23.2 Å². The molecule has 0 aliphatic carbocycles. The van der Waals surface area contributed by atoms with Gasteiger partial charge in [-0.3, -0.25) is 14.2 Å². The van der Waals surface area contributed by atoms with Gasteiger partial charge in [-0.15, -0.1) is 0 Å². The number of aromatic nitrogens is 5. The number of pyridine rings is 1. The first-order valence-electron chi connectivity index (χ1n) is 9.49. The largest absolute Gasteiger partial charge is 0.352 e. The number of carbonyl (C=O) groups excluding carboxylic acids is 1. The van der Waals surface area contributed by atoms with Crippen LogP contribution < -0.4 is 5.32 Å². The molecule has 3 heterocycles. The van der Waals surface area contributed by atoms with Crippen LogP contribution in [0.5, 0.6) is 0 Å². The average Bonchev–Trinajstić information content (AvgIpc) is 3.29. The molecule has 0 unspecified atom stereocenters. The van der Waals surface area contributed by atoms with E-state index in [1.807, 2.05) is 43.6 Å². The smallest absolute Gasteiger partial charge is 0.252 e. The molecule has 1 amide bonds. The second-order valence-corrected chi connectivity index (χ2v) is 7.73. The summed E-state index contributed by atoms with van der Waals surface area (Å²) in [5.41, 5.74) is 3.60. The molecular weight excluding hydrogens is 423 g/mol. The van der Waals surface area contributed by atoms with Crippen molar-refractivity contribution in [3.05, 3.63) is 64.2 Å². The van der Waals surface area contributed by atoms with Crippen molar-refractivity contribution < 1.29 is 4.79 Å². The lowest BCUT2D eigenvalue weighted by Gasteiger charge is -2.10. The maximum absolute atomic E-state index is 13.0. The van der Waals surface area contributed by atoms with Crippen LogP contribution in [0, 0.1) is 6.92 Å². The molecule has 1 N–H and O–H groups in total. The number of para-hydroxylation sites is 1. The Labute approximate surface area is 183 Å². The minimum atomic E-state index is -0.153. The third kappa shape index (κ3) is 4.04. The van der Waals surface area contributed by atoms with Gasteiger partial charge in [0.1, 0.15) is 10.2 Å². The fourth-order valence-electron chi connectivity index (χ4n) is 3.27. The van der Waals surface area contributed by atoms with Crippen molar-refractivity contribution in [2.24, 2.45) is 7.05 Å². The maximum Gasteiger partial charge on any atom is 0.252 e. The van der Waals surface area contributed by atoms with Gasteiger partial charge in [-0.25, -0.2) is 4.98 Å². The predicted octanol–water partition coefficient (Wildman–Crippen LogP) is 4.27. The normalized spacial score (nSPS) is 11.2. The molecule has 9 heteroatoms. The maximum atomic E-state index is 13.0. The highest BCUT2D eigenvalue weighted by atomic mass is 35.5. The lowest BCUT2D eigenvalue weighted by molar-refractivity contribution is 0.0954. The number of hydrogen-bond acceptors (Lipinski definition) is 4. The van der Waals surface area contributed by atoms with E-state index in [9.17, 15) is 4.79 Å². The van der Waals surface area contributed by atoms with Crippen molar-refractivity contribution >= 4 is 40.0 Å². The van der Waals surface area contributed by atoms with Crippen LogP contribution in [-0.2, 0) is 13.6 Å². The number of benzene rings is 1. The van der Waals surface area contributed by atoms with Crippen LogP contribution in [0.2, 0.25) is 10.2 Å². The summed E-state index contributed by atoms with van der Waals surface area (Å²) in [4.78, 5) is 17.6. The highest BCUT2D eigenvalue weighted by Crippen LogP contribution is 2.26. The Morgan fingerprint density at radius 3 is 2.73 bits per heavy atom. The fourth-order valence-corrected chi connectivity index (χ4v) is 3.66. The van der Waals surface area contributed by atoms with Crippen LogP contribution >= 0.6 is 23.2 Å². The van der Waals surface area contributed by atoms with Crippen LogP contribution in [0.4, 0.5) is 0 Å². The number of amides is 1. The molecule has 7 nitrogen and oxygen atoms in total. The van der Waals surface area contributed by atoms with Gasteiger partial charge < -0.3 is 5.32 Å². The first-order valence-corrected chi connectivity index (χ1v) is 10.2. The van der Waals surface area contributed by atoms with E-state index >= 15 is 0 Å². The van der Waals surface area contributed by atoms with Crippen LogP contribution in [0.3, 0.4) is 0 Å². The van der Waals surface area contributed by atoms with E-state index in [2.05, 4.69) is 20.5 Å². The zero-order valence-corrected chi connectivity index (χ0v) is 18.1. The lowest BCUT2D eigenvalue weighted by Crippen LogP contribution is -2.25. The first-order chi connectivity index (χ1) is 14.4. The van der Waals surface area contributed by atoms with Gasteiger partial charge in [-0.1, -0.05) is 41.4 Å². The number of nitrogens with zero attached hydrogens (tertiary/aromatic N) is 5. The molecular formula is C21H20Cl2N6O. The van der Waals surface area contributed by atoms with E-state index < -0.39 is 0 Å². The number of carbonyl (C=O) groups is 1. The number of hydrogen-bond donors (Lipinski definition) is 1. The Hall–Kier alpha value is -2.90. The Bertz CT molecular complexity index is 1230. The molecule has 4 aromatic rings. The Morgan fingerprint density at radius 2 is 2.03 bits per heavy atom. The second kappa shape index (κ2) is 8.45. The van der Waals surface area contributed by atoms with E-state index in [1.54, 1.807) is 22.5 Å². The number of rotatable bonds is 6. The van der Waals surface area contributed by atoms with E-state index in [-0.39, 0.29) is 5.91 Å². The topological polar surface area (TPSA) is 77.6 Å². The Balaban J connectivity index is 1.51. The van der Waals surface area contributed by atoms with E-state index in [0.29, 0.717) is 46.6 Å². The molecule has 0 aliphatic heterocycles. The molecule has 0 saturated carbocycles. The summed E-state index contributed by atoms with van der Waals surface area (Å²) in [6.45, 7) is 2.84. The van der Waals surface area contributed by atoms with Crippen molar-refractivity contribution in [3.63, 3.8) is 0 Å². The van der Waals surface area contributed by atoms with E-state index in [0.717, 1.165) is 16.5 Å². The van der Waals surface area contributed by atoms with E-state index in [1.165, 1.54) is 0 Å². The molecule has 154 valence electrons. The average molecular weight is 443 g/mol. The predicted molar refractivity (Wildman–Crippen MR) is 118 cm³/mol. The van der Waals surface area contributed by atoms with Gasteiger partial charge in [0.2, 0.25) is 0 Å². The second-order valence-electron chi connectivity index (χ2n) is 7.00. The van der Waals surface area contributed by atoms with Gasteiger partial charge in [0.05, 0.1) is 28.7 Å². The summed E-state index contributed by atoms with van der Waals surface area (Å²) < 4.78 is 3.36. The number of fused-ring (bicyclic) bond motifs is 1. The van der Waals surface area contributed by atoms with Crippen molar-refractivity contribution in [3.8, 4) is 11.3 Å². The summed E-state index contributed by atoms with van der Waals surface area (Å²) in [6.07, 6.45) is 4.28. The van der Waals surface area contributed by atoms with Crippen LogP contribution in [0.25, 0.3) is 22.2 Å². The zero-order chi connectivity index (χ0) is 21.3. The molecule has 0 saturated heterocycles. The van der Waals surface area contributed by atoms with Crippen molar-refractivity contribution in [1.82, 2.24) is 29.9 Å². The van der Waals surface area contributed by atoms with Crippen molar-refractivity contribution in [2.75, 3.05) is 6.54 Å². The summed E-state index contributed by atoms with van der Waals surface area (Å²) in [6, 6.07) is 9.42. The third-order valence-electron chi connectivity index (χ3n) is 4.79. The summed E-state index contributed by atoms with van der Waals surface area (Å²) in [7, 11) is 1.85. The van der Waals surface area contributed by atoms with Crippen molar-refractivity contribution in [1.29, 1.82) is 0 Å². The highest BCUT2D eigenvalue weighted by molar-refractivity contribution is 6.41. The van der Waals surface area contributed by atoms with Crippen LogP contribution in [0.1, 0.15) is 22.5 Å². The van der Waals surface area contributed by atoms with Gasteiger partial charge in [-0.2, -0.15) is 10.2 Å². The minimum absolute atomic E-state index is 0.153. The molecule has 0 atom stereocenters. The molecule has 3 aromatic heterocycles. The van der Waals surface area contributed by atoms with Crippen LogP contribution in [0.15, 0.2) is 42.7 Å². The lowest BCUT2D eigenvalue weighted by atomic mass is 10.0. The molecule has 0 spiro atoms. The molecule has 0 fully saturated rings. The number of aryl methyl sites for hydroxylation is 3. The minimum Gasteiger partial charge on any atom is -0.352 e. The van der Waals surface area contributed by atoms with Gasteiger partial charge in [0.25, 0.3) is 5.91 Å². The first kappa shape index (κ1) is 20.4. The number of halogens is 2. The molecule has 0 radical (unpaired) electrons. The molecule has 30 heavy (non-hydrogen) atoms. The quantitative estimate of drug-likeness (QED) is 0.452. The molecule has 0 aliphatic rings. The highest BCUT2D eigenvalue weighted by Gasteiger charge is 2.15. The molecule has 0 bridgehead atoms. The fraction of sp³-hybridized carbons (Fsp3) is 0.238. The van der Waals surface area contributed by atoms with Crippen molar-refractivity contribution in [2.45, 2.75) is 19.9 Å². The summed E-state index contributed by atoms with van der Waals surface area (Å²) >= 11 is 12.2. The molecule has 4 rings (SSSR count). The van der Waals surface area contributed by atoms with Gasteiger partial charge >= 0.3 is 0 Å². The van der Waals surface area contributed by atoms with Gasteiger partial charge in [-0.05, 0) is 25.5 Å². The van der Waals surface area contributed by atoms with Crippen LogP contribution in [-0.4, -0.2) is 37.0 Å². The SMILES string of the molecule is Cc1nn(CCCNC(=O)c2cc(-c3cnn(C)c3)nc3ccccc23)c(Cl)c1Cl. The molecule has 1 aromatic carbocycles. The Morgan fingerprint density at radius 1 is 1.23 bits per heavy atom. The Kier molecular flexibility index (Phi) is 5.74. The standard InChI is InChI=1S/C21H20Cl2N6O/c1-13-19(22)20(23)29(27-13)9-5-8-24-21(30)16-10-18(14-11-25-28(2)12-14)26-17-7-4-3-6-15(16)17/h3-4,6-7,10-12H,5,8-9H2,1-2H3,(H,24,30). The summed E-state index contributed by atoms with van der Waals surface area (Å²) in [5.74, 6) is -0.153.